The molecule has 1 aliphatic carbocycles. The summed E-state index contributed by atoms with van der Waals surface area (Å²) in [6, 6.07) is 8.98. The second-order valence-electron chi connectivity index (χ2n) is 4.26. The van der Waals surface area contributed by atoms with E-state index < -0.39 is 5.79 Å². The zero-order valence-corrected chi connectivity index (χ0v) is 9.77. The Morgan fingerprint density at radius 3 is 2.19 bits per heavy atom. The van der Waals surface area contributed by atoms with Gasteiger partial charge in [0.2, 0.25) is 5.79 Å². The highest BCUT2D eigenvalue weighted by Gasteiger charge is 2.64. The lowest BCUT2D eigenvalue weighted by molar-refractivity contribution is -0.130. The molecule has 1 aromatic rings. The Labute approximate surface area is 95.4 Å². The van der Waals surface area contributed by atoms with Crippen molar-refractivity contribution in [2.75, 3.05) is 7.11 Å². The summed E-state index contributed by atoms with van der Waals surface area (Å²) in [4.78, 5) is 11.8. The van der Waals surface area contributed by atoms with Crippen molar-refractivity contribution in [3.8, 4) is 0 Å². The maximum Gasteiger partial charge on any atom is 0.340 e. The minimum absolute atomic E-state index is 0.255. The topological polar surface area (TPSA) is 35.5 Å². The lowest BCUT2D eigenvalue weighted by Gasteiger charge is -2.16. The van der Waals surface area contributed by atoms with Crippen LogP contribution in [-0.4, -0.2) is 18.9 Å². The van der Waals surface area contributed by atoms with E-state index in [-0.39, 0.29) is 17.8 Å². The van der Waals surface area contributed by atoms with Gasteiger partial charge < -0.3 is 9.47 Å². The first-order chi connectivity index (χ1) is 7.62. The summed E-state index contributed by atoms with van der Waals surface area (Å²) in [5.74, 6) is -0.526. The highest BCUT2D eigenvalue weighted by Crippen LogP contribution is 2.53. The van der Waals surface area contributed by atoms with Gasteiger partial charge in [-0.3, -0.25) is 0 Å². The molecule has 2 atom stereocenters. The monoisotopic (exact) mass is 220 g/mol. The summed E-state index contributed by atoms with van der Waals surface area (Å²) in [6.07, 6.45) is 0. The van der Waals surface area contributed by atoms with Gasteiger partial charge in [-0.25, -0.2) is 4.79 Å². The van der Waals surface area contributed by atoms with Gasteiger partial charge in [0.1, 0.15) is 0 Å². The first-order valence-electron chi connectivity index (χ1n) is 5.45. The average molecular weight is 220 g/mol. The van der Waals surface area contributed by atoms with E-state index in [4.69, 9.17) is 9.47 Å². The third kappa shape index (κ3) is 1.61. The Morgan fingerprint density at radius 2 is 1.75 bits per heavy atom. The average Bonchev–Trinajstić information content (AvgIpc) is 2.83. The standard InChI is InChI=1S/C13H16O3/c1-9-10(2)13(9,15-3)16-12(14)11-7-5-4-6-8-11/h4-10H,1-3H3. The fourth-order valence-electron chi connectivity index (χ4n) is 2.08. The number of rotatable bonds is 3. The first kappa shape index (κ1) is 11.1. The Morgan fingerprint density at radius 1 is 1.19 bits per heavy atom. The van der Waals surface area contributed by atoms with Crippen molar-refractivity contribution in [3.05, 3.63) is 35.9 Å². The second kappa shape index (κ2) is 3.91. The normalized spacial score (nSPS) is 32.2. The van der Waals surface area contributed by atoms with Gasteiger partial charge in [-0.2, -0.15) is 0 Å². The number of benzene rings is 1. The molecule has 2 rings (SSSR count). The SMILES string of the molecule is COC1(OC(=O)c2ccccc2)C(C)C1C. The molecule has 1 aliphatic rings. The number of carbonyl (C=O) groups is 1. The molecule has 1 fully saturated rings. The molecular formula is C13H16O3. The second-order valence-corrected chi connectivity index (χ2v) is 4.26. The van der Waals surface area contributed by atoms with Crippen LogP contribution in [0.1, 0.15) is 24.2 Å². The van der Waals surface area contributed by atoms with Crippen LogP contribution in [0.5, 0.6) is 0 Å². The van der Waals surface area contributed by atoms with E-state index in [1.807, 2.05) is 32.0 Å². The maximum absolute atomic E-state index is 11.8. The van der Waals surface area contributed by atoms with Gasteiger partial charge in [-0.1, -0.05) is 32.0 Å². The predicted molar refractivity (Wildman–Crippen MR) is 59.9 cm³/mol. The number of hydrogen-bond donors (Lipinski definition) is 0. The Bertz CT molecular complexity index is 377. The minimum atomic E-state index is -0.715. The van der Waals surface area contributed by atoms with Crippen molar-refractivity contribution in [2.24, 2.45) is 11.8 Å². The van der Waals surface area contributed by atoms with Gasteiger partial charge in [0, 0.05) is 18.9 Å². The molecule has 0 spiro atoms. The van der Waals surface area contributed by atoms with Crippen LogP contribution < -0.4 is 0 Å². The van der Waals surface area contributed by atoms with Crippen LogP contribution in [0.15, 0.2) is 30.3 Å². The molecule has 0 heterocycles. The van der Waals surface area contributed by atoms with Gasteiger partial charge in [0.15, 0.2) is 0 Å². The molecule has 0 bridgehead atoms. The largest absolute Gasteiger partial charge is 0.429 e. The number of ether oxygens (including phenoxy) is 2. The molecule has 3 nitrogen and oxygen atoms in total. The quantitative estimate of drug-likeness (QED) is 0.580. The molecule has 16 heavy (non-hydrogen) atoms. The Hall–Kier alpha value is -1.35. The van der Waals surface area contributed by atoms with E-state index in [9.17, 15) is 4.79 Å². The summed E-state index contributed by atoms with van der Waals surface area (Å²) in [5.41, 5.74) is 0.560. The fourth-order valence-corrected chi connectivity index (χ4v) is 2.08. The van der Waals surface area contributed by atoms with Crippen molar-refractivity contribution < 1.29 is 14.3 Å². The van der Waals surface area contributed by atoms with Crippen LogP contribution in [-0.2, 0) is 9.47 Å². The van der Waals surface area contributed by atoms with E-state index >= 15 is 0 Å². The van der Waals surface area contributed by atoms with Gasteiger partial charge >= 0.3 is 5.97 Å². The van der Waals surface area contributed by atoms with E-state index in [1.54, 1.807) is 19.2 Å². The first-order valence-corrected chi connectivity index (χ1v) is 5.45. The number of hydrogen-bond acceptors (Lipinski definition) is 3. The van der Waals surface area contributed by atoms with Crippen LogP contribution in [0.25, 0.3) is 0 Å². The lowest BCUT2D eigenvalue weighted by Crippen LogP contribution is -2.25. The van der Waals surface area contributed by atoms with E-state index in [1.165, 1.54) is 0 Å². The Kier molecular flexibility index (Phi) is 2.72. The molecule has 0 saturated heterocycles. The lowest BCUT2D eigenvalue weighted by atomic mass is 10.2. The molecule has 0 aromatic heterocycles. The Balaban J connectivity index is 2.09. The highest BCUT2D eigenvalue weighted by atomic mass is 16.7. The molecule has 0 aliphatic heterocycles. The molecular weight excluding hydrogens is 204 g/mol. The van der Waals surface area contributed by atoms with E-state index in [0.29, 0.717) is 5.56 Å². The van der Waals surface area contributed by atoms with Crippen molar-refractivity contribution in [3.63, 3.8) is 0 Å². The van der Waals surface area contributed by atoms with Crippen LogP contribution in [0.4, 0.5) is 0 Å². The van der Waals surface area contributed by atoms with Crippen LogP contribution in [0.3, 0.4) is 0 Å². The van der Waals surface area contributed by atoms with Crippen LogP contribution >= 0.6 is 0 Å². The molecule has 2 unspecified atom stereocenters. The molecule has 86 valence electrons. The van der Waals surface area contributed by atoms with E-state index in [2.05, 4.69) is 0 Å². The summed E-state index contributed by atoms with van der Waals surface area (Å²) < 4.78 is 10.8. The number of esters is 1. The van der Waals surface area contributed by atoms with Crippen molar-refractivity contribution in [2.45, 2.75) is 19.6 Å². The molecule has 0 radical (unpaired) electrons. The van der Waals surface area contributed by atoms with E-state index in [0.717, 1.165) is 0 Å². The van der Waals surface area contributed by atoms with Crippen molar-refractivity contribution in [1.29, 1.82) is 0 Å². The van der Waals surface area contributed by atoms with Gasteiger partial charge in [-0.15, -0.1) is 0 Å². The zero-order valence-electron chi connectivity index (χ0n) is 9.77. The third-order valence-corrected chi connectivity index (χ3v) is 3.49. The van der Waals surface area contributed by atoms with Crippen LogP contribution in [0, 0.1) is 11.8 Å². The molecule has 0 amide bonds. The third-order valence-electron chi connectivity index (χ3n) is 3.49. The minimum Gasteiger partial charge on any atom is -0.429 e. The van der Waals surface area contributed by atoms with Crippen molar-refractivity contribution in [1.82, 2.24) is 0 Å². The molecule has 1 saturated carbocycles. The summed E-state index contributed by atoms with van der Waals surface area (Å²) in [5, 5.41) is 0. The van der Waals surface area contributed by atoms with Crippen LogP contribution in [0.2, 0.25) is 0 Å². The van der Waals surface area contributed by atoms with Gasteiger partial charge in [0.05, 0.1) is 5.56 Å². The predicted octanol–water partition coefficient (Wildman–Crippen LogP) is 2.47. The fraction of sp³-hybridized carbons (Fsp3) is 0.462. The zero-order chi connectivity index (χ0) is 11.8. The van der Waals surface area contributed by atoms with Crippen molar-refractivity contribution >= 4 is 5.97 Å². The molecule has 0 N–H and O–H groups in total. The smallest absolute Gasteiger partial charge is 0.340 e. The maximum atomic E-state index is 11.8. The highest BCUT2D eigenvalue weighted by molar-refractivity contribution is 5.89. The molecule has 1 aromatic carbocycles. The molecule has 3 heteroatoms. The summed E-state index contributed by atoms with van der Waals surface area (Å²) in [7, 11) is 1.58. The summed E-state index contributed by atoms with van der Waals surface area (Å²) >= 11 is 0. The number of methoxy groups -OCH3 is 1. The van der Waals surface area contributed by atoms with Gasteiger partial charge in [-0.05, 0) is 12.1 Å². The van der Waals surface area contributed by atoms with Gasteiger partial charge in [0.25, 0.3) is 0 Å². The summed E-state index contributed by atoms with van der Waals surface area (Å²) in [6.45, 7) is 4.04. The number of carbonyl (C=O) groups excluding carboxylic acids is 1.